The van der Waals surface area contributed by atoms with Crippen molar-refractivity contribution < 1.29 is 13.9 Å². The first-order valence-corrected chi connectivity index (χ1v) is 10.7. The number of nitrogens with one attached hydrogen (secondary N) is 1. The van der Waals surface area contributed by atoms with Crippen molar-refractivity contribution in [3.05, 3.63) is 95.7 Å². The molecule has 1 N–H and O–H groups in total. The normalized spacial score (nSPS) is 10.8. The van der Waals surface area contributed by atoms with Crippen molar-refractivity contribution in [2.24, 2.45) is 0 Å². The average Bonchev–Trinajstić information content (AvgIpc) is 3.56. The van der Waals surface area contributed by atoms with Crippen molar-refractivity contribution in [3.63, 3.8) is 0 Å². The van der Waals surface area contributed by atoms with Crippen molar-refractivity contribution in [1.29, 1.82) is 0 Å². The molecule has 158 valence electrons. The molecule has 0 radical (unpaired) electrons. The average molecular weight is 443 g/mol. The number of amides is 1. The third-order valence-electron chi connectivity index (χ3n) is 4.62. The minimum Gasteiger partial charge on any atom is -0.463 e. The van der Waals surface area contributed by atoms with Gasteiger partial charge in [-0.15, -0.1) is 11.3 Å². The van der Waals surface area contributed by atoms with Gasteiger partial charge in [-0.2, -0.15) is 9.78 Å². The summed E-state index contributed by atoms with van der Waals surface area (Å²) < 4.78 is 12.8. The van der Waals surface area contributed by atoms with E-state index in [4.69, 9.17) is 9.15 Å². The number of ether oxygens (including phenoxy) is 1. The summed E-state index contributed by atoms with van der Waals surface area (Å²) >= 11 is 1.42. The second kappa shape index (κ2) is 8.52. The van der Waals surface area contributed by atoms with Crippen molar-refractivity contribution in [3.8, 4) is 28.1 Å². The number of rotatable bonds is 6. The van der Waals surface area contributed by atoms with Crippen LogP contribution in [-0.4, -0.2) is 20.7 Å². The quantitative estimate of drug-likeness (QED) is 0.352. The lowest BCUT2D eigenvalue weighted by Gasteiger charge is -2.08. The van der Waals surface area contributed by atoms with E-state index in [2.05, 4.69) is 15.4 Å². The smallest absolute Gasteiger partial charge is 0.256 e. The molecule has 8 heteroatoms. The Morgan fingerprint density at radius 3 is 2.56 bits per heavy atom. The molecule has 5 aromatic rings. The van der Waals surface area contributed by atoms with Gasteiger partial charge in [-0.05, 0) is 55.5 Å². The minimum atomic E-state index is -0.250. The number of aryl methyl sites for hydroxylation is 1. The second-order valence-electron chi connectivity index (χ2n) is 6.97. The number of hydrogen-bond acceptors (Lipinski definition) is 6. The fraction of sp³-hybridized carbons (Fsp3) is 0.0417. The number of anilines is 1. The Kier molecular flexibility index (Phi) is 5.27. The third kappa shape index (κ3) is 4.17. The molecule has 0 aliphatic heterocycles. The highest BCUT2D eigenvalue weighted by Gasteiger charge is 2.16. The molecule has 3 aromatic heterocycles. The number of carbonyl (C=O) groups excluding carboxylic acids is 1. The number of carbonyl (C=O) groups is 1. The summed E-state index contributed by atoms with van der Waals surface area (Å²) in [4.78, 5) is 17.4. The van der Waals surface area contributed by atoms with E-state index in [9.17, 15) is 4.79 Å². The van der Waals surface area contributed by atoms with Crippen LogP contribution < -0.4 is 10.1 Å². The number of furan rings is 1. The van der Waals surface area contributed by atoms with Crippen molar-refractivity contribution in [1.82, 2.24) is 14.8 Å². The van der Waals surface area contributed by atoms with Gasteiger partial charge >= 0.3 is 0 Å². The monoisotopic (exact) mass is 442 g/mol. The van der Waals surface area contributed by atoms with Crippen LogP contribution in [0.1, 0.15) is 16.1 Å². The van der Waals surface area contributed by atoms with Crippen LogP contribution >= 0.6 is 11.3 Å². The largest absolute Gasteiger partial charge is 0.463 e. The number of nitrogens with zero attached hydrogens (tertiary/aromatic N) is 3. The maximum absolute atomic E-state index is 12.8. The van der Waals surface area contributed by atoms with Gasteiger partial charge in [0.15, 0.2) is 5.76 Å². The van der Waals surface area contributed by atoms with Crippen LogP contribution in [0.25, 0.3) is 16.6 Å². The van der Waals surface area contributed by atoms with Gasteiger partial charge in [0, 0.05) is 17.0 Å². The molecule has 7 nitrogen and oxygen atoms in total. The Balaban J connectivity index is 1.33. The Hall–Kier alpha value is -4.17. The first kappa shape index (κ1) is 19.8. The number of thiazole rings is 1. The summed E-state index contributed by atoms with van der Waals surface area (Å²) in [5.74, 6) is 2.36. The summed E-state index contributed by atoms with van der Waals surface area (Å²) in [6, 6.07) is 21.9. The summed E-state index contributed by atoms with van der Waals surface area (Å²) in [6.45, 7) is 1.86. The number of hydrogen-bond donors (Lipinski definition) is 1. The van der Waals surface area contributed by atoms with Gasteiger partial charge in [-0.1, -0.05) is 18.2 Å². The van der Waals surface area contributed by atoms with E-state index in [1.807, 2.05) is 54.8 Å². The van der Waals surface area contributed by atoms with Crippen LogP contribution in [0, 0.1) is 6.92 Å². The molecule has 0 aliphatic carbocycles. The molecule has 0 spiro atoms. The highest BCUT2D eigenvalue weighted by molar-refractivity contribution is 7.12. The van der Waals surface area contributed by atoms with Gasteiger partial charge in [0.25, 0.3) is 5.91 Å². The van der Waals surface area contributed by atoms with Crippen LogP contribution in [0.5, 0.6) is 11.5 Å². The standard InChI is InChI=1S/C24H18N4O3S/c1-16-14-22(28(27-16)24-25-20(15-32-24)21-8-5-13-30-21)26-23(29)17-9-11-19(12-10-17)31-18-6-3-2-4-7-18/h2-15H,1H3,(H,26,29). The molecule has 0 aliphatic rings. The highest BCUT2D eigenvalue weighted by atomic mass is 32.1. The van der Waals surface area contributed by atoms with E-state index >= 15 is 0 Å². The fourth-order valence-corrected chi connectivity index (χ4v) is 3.90. The predicted octanol–water partition coefficient (Wildman–Crippen LogP) is 5.94. The lowest BCUT2D eigenvalue weighted by Crippen LogP contribution is -2.15. The zero-order valence-electron chi connectivity index (χ0n) is 17.1. The number of aromatic nitrogens is 3. The SMILES string of the molecule is Cc1cc(NC(=O)c2ccc(Oc3ccccc3)cc2)n(-c2nc(-c3ccco3)cs2)n1. The van der Waals surface area contributed by atoms with Crippen LogP contribution in [0.3, 0.4) is 0 Å². The molecule has 1 amide bonds. The minimum absolute atomic E-state index is 0.250. The summed E-state index contributed by atoms with van der Waals surface area (Å²) in [6.07, 6.45) is 1.61. The van der Waals surface area contributed by atoms with Crippen LogP contribution in [0.4, 0.5) is 5.82 Å². The molecule has 2 aromatic carbocycles. The molecule has 3 heterocycles. The van der Waals surface area contributed by atoms with Crippen molar-refractivity contribution >= 4 is 23.1 Å². The summed E-state index contributed by atoms with van der Waals surface area (Å²) in [5, 5.41) is 9.93. The molecule has 0 unspecified atom stereocenters. The third-order valence-corrected chi connectivity index (χ3v) is 5.43. The number of benzene rings is 2. The van der Waals surface area contributed by atoms with Crippen molar-refractivity contribution in [2.45, 2.75) is 6.92 Å². The van der Waals surface area contributed by atoms with E-state index in [1.165, 1.54) is 11.3 Å². The molecular formula is C24H18N4O3S. The molecule has 0 saturated carbocycles. The molecule has 0 saturated heterocycles. The Morgan fingerprint density at radius 2 is 1.81 bits per heavy atom. The maximum atomic E-state index is 12.8. The zero-order valence-corrected chi connectivity index (χ0v) is 17.9. The lowest BCUT2D eigenvalue weighted by molar-refractivity contribution is 0.102. The number of para-hydroxylation sites is 1. The molecule has 32 heavy (non-hydrogen) atoms. The molecular weight excluding hydrogens is 424 g/mol. The first-order valence-electron chi connectivity index (χ1n) is 9.86. The van der Waals surface area contributed by atoms with Gasteiger partial charge in [-0.25, -0.2) is 4.98 Å². The van der Waals surface area contributed by atoms with Crippen LogP contribution in [0.15, 0.2) is 88.9 Å². The summed E-state index contributed by atoms with van der Waals surface area (Å²) in [7, 11) is 0. The van der Waals surface area contributed by atoms with Gasteiger partial charge in [0.1, 0.15) is 23.0 Å². The van der Waals surface area contributed by atoms with E-state index in [-0.39, 0.29) is 5.91 Å². The molecule has 0 atom stereocenters. The first-order chi connectivity index (χ1) is 15.7. The maximum Gasteiger partial charge on any atom is 0.256 e. The van der Waals surface area contributed by atoms with E-state index in [0.717, 1.165) is 17.1 Å². The Morgan fingerprint density at radius 1 is 1.03 bits per heavy atom. The second-order valence-corrected chi connectivity index (χ2v) is 7.81. The van der Waals surface area contributed by atoms with Crippen LogP contribution in [-0.2, 0) is 0 Å². The topological polar surface area (TPSA) is 82.2 Å². The van der Waals surface area contributed by atoms with E-state index in [1.54, 1.807) is 41.3 Å². The van der Waals surface area contributed by atoms with Crippen molar-refractivity contribution in [2.75, 3.05) is 5.32 Å². The predicted molar refractivity (Wildman–Crippen MR) is 123 cm³/mol. The molecule has 5 rings (SSSR count). The zero-order chi connectivity index (χ0) is 21.9. The van der Waals surface area contributed by atoms with Gasteiger partial charge in [0.05, 0.1) is 12.0 Å². The molecule has 0 bridgehead atoms. The summed E-state index contributed by atoms with van der Waals surface area (Å²) in [5.41, 5.74) is 1.99. The Bertz CT molecular complexity index is 1340. The van der Waals surface area contributed by atoms with Crippen LogP contribution in [0.2, 0.25) is 0 Å². The molecule has 0 fully saturated rings. The van der Waals surface area contributed by atoms with Gasteiger partial charge in [-0.3, -0.25) is 4.79 Å². The fourth-order valence-electron chi connectivity index (χ4n) is 3.12. The Labute approximate surface area is 187 Å². The highest BCUT2D eigenvalue weighted by Crippen LogP contribution is 2.27. The van der Waals surface area contributed by atoms with E-state index < -0.39 is 0 Å². The lowest BCUT2D eigenvalue weighted by atomic mass is 10.2. The van der Waals surface area contributed by atoms with E-state index in [0.29, 0.717) is 28.0 Å². The van der Waals surface area contributed by atoms with Gasteiger partial charge in [0.2, 0.25) is 5.13 Å². The van der Waals surface area contributed by atoms with Gasteiger partial charge < -0.3 is 14.5 Å².